The van der Waals surface area contributed by atoms with E-state index in [0.29, 0.717) is 19.7 Å². The lowest BCUT2D eigenvalue weighted by Gasteiger charge is -2.05. The highest BCUT2D eigenvalue weighted by Gasteiger charge is 2.07. The van der Waals surface area contributed by atoms with Crippen molar-refractivity contribution in [3.05, 3.63) is 11.8 Å². The molecule has 0 bridgehead atoms. The fraction of sp³-hybridized carbons (Fsp3) is 0.692. The number of nitrogens with one attached hydrogen (secondary N) is 2. The Morgan fingerprint density at radius 3 is 2.74 bits per heavy atom. The number of aliphatic hydroxyl groups excluding tert-OH is 1. The van der Waals surface area contributed by atoms with Crippen molar-refractivity contribution >= 4 is 5.91 Å². The SMILES string of the molecule is CCCCOCCCNC(=O)/C(C#N)=C\NCCO. The quantitative estimate of drug-likeness (QED) is 0.285. The smallest absolute Gasteiger partial charge is 0.263 e. The Kier molecular flexibility index (Phi) is 11.8. The second kappa shape index (κ2) is 12.9. The van der Waals surface area contributed by atoms with E-state index in [1.165, 1.54) is 6.20 Å². The van der Waals surface area contributed by atoms with E-state index >= 15 is 0 Å². The first-order chi connectivity index (χ1) is 9.26. The molecule has 0 radical (unpaired) electrons. The lowest BCUT2D eigenvalue weighted by atomic mass is 10.3. The summed E-state index contributed by atoms with van der Waals surface area (Å²) >= 11 is 0. The Labute approximate surface area is 114 Å². The molecule has 0 aromatic heterocycles. The van der Waals surface area contributed by atoms with Crippen LogP contribution in [0.4, 0.5) is 0 Å². The molecule has 0 rings (SSSR count). The average molecular weight is 269 g/mol. The molecule has 0 saturated carbocycles. The van der Waals surface area contributed by atoms with Gasteiger partial charge in [0, 0.05) is 32.5 Å². The first kappa shape index (κ1) is 17.4. The van der Waals surface area contributed by atoms with Gasteiger partial charge in [0.1, 0.15) is 11.6 Å². The molecule has 19 heavy (non-hydrogen) atoms. The third-order valence-corrected chi connectivity index (χ3v) is 2.26. The van der Waals surface area contributed by atoms with Crippen molar-refractivity contribution < 1.29 is 14.6 Å². The Bertz CT molecular complexity index is 311. The highest BCUT2D eigenvalue weighted by molar-refractivity contribution is 5.97. The Hall–Kier alpha value is -1.58. The van der Waals surface area contributed by atoms with Gasteiger partial charge in [0.25, 0.3) is 5.91 Å². The van der Waals surface area contributed by atoms with Crippen LogP contribution in [0.15, 0.2) is 11.8 Å². The third-order valence-electron chi connectivity index (χ3n) is 2.26. The van der Waals surface area contributed by atoms with Crippen molar-refractivity contribution in [1.29, 1.82) is 5.26 Å². The third kappa shape index (κ3) is 10.1. The number of ether oxygens (including phenoxy) is 1. The summed E-state index contributed by atoms with van der Waals surface area (Å²) in [5, 5.41) is 22.7. The summed E-state index contributed by atoms with van der Waals surface area (Å²) in [5.41, 5.74) is 0.000325. The van der Waals surface area contributed by atoms with E-state index in [0.717, 1.165) is 25.9 Å². The second-order valence-corrected chi connectivity index (χ2v) is 3.92. The molecule has 0 unspecified atom stereocenters. The van der Waals surface area contributed by atoms with Crippen LogP contribution in [0.3, 0.4) is 0 Å². The molecule has 6 nitrogen and oxygen atoms in total. The van der Waals surface area contributed by atoms with Gasteiger partial charge in [0.2, 0.25) is 0 Å². The molecule has 1 amide bonds. The molecule has 0 aliphatic rings. The summed E-state index contributed by atoms with van der Waals surface area (Å²) in [5.74, 6) is -0.415. The van der Waals surface area contributed by atoms with E-state index in [9.17, 15) is 4.79 Å². The molecule has 0 aliphatic carbocycles. The number of hydrogen-bond acceptors (Lipinski definition) is 5. The Balaban J connectivity index is 3.71. The molecule has 0 aromatic carbocycles. The van der Waals surface area contributed by atoms with Crippen LogP contribution in [0.2, 0.25) is 0 Å². The normalized spacial score (nSPS) is 10.9. The highest BCUT2D eigenvalue weighted by Crippen LogP contribution is 1.92. The zero-order valence-corrected chi connectivity index (χ0v) is 11.4. The van der Waals surface area contributed by atoms with Crippen LogP contribution in [0, 0.1) is 11.3 Å². The van der Waals surface area contributed by atoms with Crippen molar-refractivity contribution in [3.63, 3.8) is 0 Å². The summed E-state index contributed by atoms with van der Waals surface area (Å²) in [7, 11) is 0. The summed E-state index contributed by atoms with van der Waals surface area (Å²) in [6, 6.07) is 1.80. The van der Waals surface area contributed by atoms with Crippen LogP contribution in [-0.4, -0.2) is 43.9 Å². The Morgan fingerprint density at radius 2 is 2.11 bits per heavy atom. The fourth-order valence-electron chi connectivity index (χ4n) is 1.21. The predicted octanol–water partition coefficient (Wildman–Crippen LogP) is 0.299. The van der Waals surface area contributed by atoms with E-state index < -0.39 is 5.91 Å². The van der Waals surface area contributed by atoms with Gasteiger partial charge in [-0.2, -0.15) is 5.26 Å². The van der Waals surface area contributed by atoms with Gasteiger partial charge in [-0.1, -0.05) is 13.3 Å². The van der Waals surface area contributed by atoms with Crippen LogP contribution in [-0.2, 0) is 9.53 Å². The first-order valence-corrected chi connectivity index (χ1v) is 6.56. The van der Waals surface area contributed by atoms with Gasteiger partial charge in [0.05, 0.1) is 6.61 Å². The van der Waals surface area contributed by atoms with E-state index in [1.807, 2.05) is 0 Å². The number of nitrogens with zero attached hydrogens (tertiary/aromatic N) is 1. The molecular formula is C13H23N3O3. The molecule has 0 spiro atoms. The zero-order valence-electron chi connectivity index (χ0n) is 11.4. The van der Waals surface area contributed by atoms with E-state index in [2.05, 4.69) is 17.6 Å². The molecule has 3 N–H and O–H groups in total. The van der Waals surface area contributed by atoms with E-state index in [4.69, 9.17) is 15.1 Å². The van der Waals surface area contributed by atoms with Crippen molar-refractivity contribution in [2.45, 2.75) is 26.2 Å². The summed E-state index contributed by atoms with van der Waals surface area (Å²) in [6.07, 6.45) is 4.18. The maximum atomic E-state index is 11.6. The lowest BCUT2D eigenvalue weighted by molar-refractivity contribution is -0.117. The Morgan fingerprint density at radius 1 is 1.37 bits per heavy atom. The minimum Gasteiger partial charge on any atom is -0.395 e. The number of aliphatic hydroxyl groups is 1. The molecule has 0 saturated heterocycles. The van der Waals surface area contributed by atoms with Gasteiger partial charge in [-0.15, -0.1) is 0 Å². The number of rotatable bonds is 11. The van der Waals surface area contributed by atoms with E-state index in [1.54, 1.807) is 6.07 Å². The van der Waals surface area contributed by atoms with Crippen molar-refractivity contribution in [2.75, 3.05) is 32.9 Å². The van der Waals surface area contributed by atoms with Crippen LogP contribution < -0.4 is 10.6 Å². The lowest BCUT2D eigenvalue weighted by Crippen LogP contribution is -2.27. The van der Waals surface area contributed by atoms with Crippen molar-refractivity contribution in [3.8, 4) is 6.07 Å². The second-order valence-electron chi connectivity index (χ2n) is 3.92. The van der Waals surface area contributed by atoms with Gasteiger partial charge < -0.3 is 20.5 Å². The molecule has 0 atom stereocenters. The molecular weight excluding hydrogens is 246 g/mol. The average Bonchev–Trinajstić information content (AvgIpc) is 2.42. The monoisotopic (exact) mass is 269 g/mol. The maximum Gasteiger partial charge on any atom is 0.263 e. The molecule has 0 fully saturated rings. The first-order valence-electron chi connectivity index (χ1n) is 6.56. The topological polar surface area (TPSA) is 94.4 Å². The van der Waals surface area contributed by atoms with Crippen molar-refractivity contribution in [2.24, 2.45) is 0 Å². The largest absolute Gasteiger partial charge is 0.395 e. The van der Waals surface area contributed by atoms with Gasteiger partial charge in [-0.3, -0.25) is 4.79 Å². The maximum absolute atomic E-state index is 11.6. The summed E-state index contributed by atoms with van der Waals surface area (Å²) in [6.45, 7) is 4.19. The number of hydrogen-bond donors (Lipinski definition) is 3. The summed E-state index contributed by atoms with van der Waals surface area (Å²) in [4.78, 5) is 11.6. The predicted molar refractivity (Wildman–Crippen MR) is 72.1 cm³/mol. The minimum atomic E-state index is -0.415. The molecule has 0 aromatic rings. The van der Waals surface area contributed by atoms with Crippen LogP contribution in [0.5, 0.6) is 0 Å². The van der Waals surface area contributed by atoms with Crippen LogP contribution >= 0.6 is 0 Å². The standard InChI is InChI=1S/C13H23N3O3/c1-2-3-8-19-9-4-5-16-13(18)12(10-14)11-15-6-7-17/h11,15,17H,2-9H2,1H3,(H,16,18)/b12-11-. The minimum absolute atomic E-state index is 0.000325. The summed E-state index contributed by atoms with van der Waals surface area (Å²) < 4.78 is 5.35. The number of carbonyl (C=O) groups excluding carboxylic acids is 1. The van der Waals surface area contributed by atoms with E-state index in [-0.39, 0.29) is 12.2 Å². The van der Waals surface area contributed by atoms with Gasteiger partial charge in [-0.25, -0.2) is 0 Å². The highest BCUT2D eigenvalue weighted by atomic mass is 16.5. The molecule has 0 heterocycles. The fourth-order valence-corrected chi connectivity index (χ4v) is 1.21. The van der Waals surface area contributed by atoms with Crippen molar-refractivity contribution in [1.82, 2.24) is 10.6 Å². The molecule has 6 heteroatoms. The molecule has 108 valence electrons. The number of unbranched alkanes of at least 4 members (excludes halogenated alkanes) is 1. The van der Waals surface area contributed by atoms with Gasteiger partial charge >= 0.3 is 0 Å². The van der Waals surface area contributed by atoms with Gasteiger partial charge in [0.15, 0.2) is 0 Å². The van der Waals surface area contributed by atoms with Crippen LogP contribution in [0.1, 0.15) is 26.2 Å². The molecule has 0 aliphatic heterocycles. The number of nitriles is 1. The zero-order chi connectivity index (χ0) is 14.3. The number of carbonyl (C=O) groups is 1. The number of amides is 1. The van der Waals surface area contributed by atoms with Crippen LogP contribution in [0.25, 0.3) is 0 Å². The van der Waals surface area contributed by atoms with Gasteiger partial charge in [-0.05, 0) is 12.8 Å².